The maximum absolute atomic E-state index is 12.3. The summed E-state index contributed by atoms with van der Waals surface area (Å²) < 4.78 is 17.0. The van der Waals surface area contributed by atoms with E-state index in [0.29, 0.717) is 7.14 Å². The highest BCUT2D eigenvalue weighted by Gasteiger charge is 2.22. The summed E-state index contributed by atoms with van der Waals surface area (Å²) in [6, 6.07) is 1.65. The second kappa shape index (κ2) is 10.5. The van der Waals surface area contributed by atoms with Crippen molar-refractivity contribution in [2.45, 2.75) is 6.92 Å². The zero-order chi connectivity index (χ0) is 19.1. The second-order valence-corrected chi connectivity index (χ2v) is 7.91. The lowest BCUT2D eigenvalue weighted by molar-refractivity contribution is -0.140. The van der Waals surface area contributed by atoms with Gasteiger partial charge in [-0.1, -0.05) is 6.58 Å². The van der Waals surface area contributed by atoms with Gasteiger partial charge in [0.05, 0.1) is 9.13 Å². The first kappa shape index (κ1) is 22.4. The molecular weight excluding hydrogens is 673 g/mol. The van der Waals surface area contributed by atoms with Crippen molar-refractivity contribution in [3.05, 3.63) is 34.5 Å². The standard InChI is InChI=1S/C15H13I3O7/c1-7(2)14(21)23-3-4-24-15(22)11-12(17)8(16)5-9(13(11)18)25-6-10(19)20/h5H,1,3-4,6H2,2H3,(H,19,20). The van der Waals surface area contributed by atoms with Crippen LogP contribution in [-0.4, -0.2) is 42.8 Å². The number of carboxylic acid groups (broad SMARTS) is 1. The zero-order valence-corrected chi connectivity index (χ0v) is 19.4. The van der Waals surface area contributed by atoms with E-state index in [1.807, 2.05) is 67.8 Å². The molecule has 0 spiro atoms. The Morgan fingerprint density at radius 1 is 1.12 bits per heavy atom. The van der Waals surface area contributed by atoms with E-state index < -0.39 is 24.5 Å². The van der Waals surface area contributed by atoms with E-state index in [2.05, 4.69) is 6.58 Å². The molecule has 7 nitrogen and oxygen atoms in total. The van der Waals surface area contributed by atoms with Crippen LogP contribution in [0.1, 0.15) is 17.3 Å². The van der Waals surface area contributed by atoms with Crippen molar-refractivity contribution >= 4 is 85.7 Å². The Morgan fingerprint density at radius 2 is 1.72 bits per heavy atom. The number of benzene rings is 1. The average molecular weight is 686 g/mol. The van der Waals surface area contributed by atoms with E-state index >= 15 is 0 Å². The Balaban J connectivity index is 2.84. The first-order valence-electron chi connectivity index (χ1n) is 6.67. The Morgan fingerprint density at radius 3 is 2.28 bits per heavy atom. The molecule has 0 saturated carbocycles. The molecule has 0 atom stereocenters. The third-order valence-electron chi connectivity index (χ3n) is 2.58. The third kappa shape index (κ3) is 6.88. The number of carbonyl (C=O) groups excluding carboxylic acids is 2. The van der Waals surface area contributed by atoms with Gasteiger partial charge in [-0.05, 0) is 80.8 Å². The molecule has 0 radical (unpaired) electrons. The summed E-state index contributed by atoms with van der Waals surface area (Å²) in [5.74, 6) is -2.00. The summed E-state index contributed by atoms with van der Waals surface area (Å²) in [5.41, 5.74) is 0.535. The van der Waals surface area contributed by atoms with Gasteiger partial charge in [-0.25, -0.2) is 14.4 Å². The minimum Gasteiger partial charge on any atom is -0.481 e. The predicted octanol–water partition coefficient (Wildman–Crippen LogP) is 3.24. The molecule has 0 saturated heterocycles. The SMILES string of the molecule is C=C(C)C(=O)OCCOC(=O)c1c(I)c(I)cc(OCC(=O)O)c1I. The van der Waals surface area contributed by atoms with E-state index in [4.69, 9.17) is 19.3 Å². The zero-order valence-electron chi connectivity index (χ0n) is 12.9. The van der Waals surface area contributed by atoms with Crippen LogP contribution in [0.4, 0.5) is 0 Å². The summed E-state index contributed by atoms with van der Waals surface area (Å²) in [6.45, 7) is 4.25. The number of ether oxygens (including phenoxy) is 3. The molecule has 0 bridgehead atoms. The highest BCUT2D eigenvalue weighted by atomic mass is 127. The topological polar surface area (TPSA) is 99.1 Å². The Labute approximate surface area is 184 Å². The van der Waals surface area contributed by atoms with Crippen molar-refractivity contribution in [1.29, 1.82) is 0 Å². The molecule has 0 amide bonds. The summed E-state index contributed by atoms with van der Waals surface area (Å²) in [4.78, 5) is 34.3. The van der Waals surface area contributed by atoms with Crippen LogP contribution < -0.4 is 4.74 Å². The molecule has 10 heteroatoms. The lowest BCUT2D eigenvalue weighted by Crippen LogP contribution is -2.17. The number of hydrogen-bond acceptors (Lipinski definition) is 6. The maximum Gasteiger partial charge on any atom is 0.341 e. The summed E-state index contributed by atoms with van der Waals surface area (Å²) in [6.07, 6.45) is 0. The molecule has 1 aromatic carbocycles. The largest absolute Gasteiger partial charge is 0.481 e. The van der Waals surface area contributed by atoms with Crippen LogP contribution in [0.2, 0.25) is 0 Å². The molecule has 0 fully saturated rings. The van der Waals surface area contributed by atoms with Gasteiger partial charge in [0.25, 0.3) is 0 Å². The number of carboxylic acids is 1. The van der Waals surface area contributed by atoms with Crippen molar-refractivity contribution in [3.8, 4) is 5.75 Å². The van der Waals surface area contributed by atoms with Crippen molar-refractivity contribution < 1.29 is 33.7 Å². The summed E-state index contributed by atoms with van der Waals surface area (Å²) in [7, 11) is 0. The van der Waals surface area contributed by atoms with Crippen molar-refractivity contribution in [1.82, 2.24) is 0 Å². The van der Waals surface area contributed by atoms with E-state index in [-0.39, 0.29) is 30.1 Å². The molecule has 1 N–H and O–H groups in total. The molecule has 0 unspecified atom stereocenters. The highest BCUT2D eigenvalue weighted by molar-refractivity contribution is 14.1. The van der Waals surface area contributed by atoms with E-state index in [1.165, 1.54) is 6.92 Å². The van der Waals surface area contributed by atoms with Gasteiger partial charge >= 0.3 is 17.9 Å². The molecule has 1 aromatic rings. The third-order valence-corrected chi connectivity index (χ3v) is 6.65. The van der Waals surface area contributed by atoms with Gasteiger partial charge in [-0.15, -0.1) is 0 Å². The second-order valence-electron chi connectivity index (χ2n) is 4.59. The van der Waals surface area contributed by atoms with E-state index in [0.717, 1.165) is 3.57 Å². The number of aliphatic carboxylic acids is 1. The molecule has 0 aliphatic carbocycles. The van der Waals surface area contributed by atoms with Crippen LogP contribution in [0.25, 0.3) is 0 Å². The quantitative estimate of drug-likeness (QED) is 0.148. The first-order chi connectivity index (χ1) is 11.6. The first-order valence-corrected chi connectivity index (χ1v) is 9.90. The number of halogens is 3. The van der Waals surface area contributed by atoms with Gasteiger partial charge in [0.2, 0.25) is 0 Å². The predicted molar refractivity (Wildman–Crippen MR) is 114 cm³/mol. The van der Waals surface area contributed by atoms with Gasteiger partial charge in [0.15, 0.2) is 6.61 Å². The van der Waals surface area contributed by atoms with Crippen LogP contribution in [0.15, 0.2) is 18.2 Å². The summed E-state index contributed by atoms with van der Waals surface area (Å²) >= 11 is 5.92. The van der Waals surface area contributed by atoms with Gasteiger partial charge < -0.3 is 19.3 Å². The van der Waals surface area contributed by atoms with Crippen LogP contribution in [-0.2, 0) is 19.1 Å². The normalized spacial score (nSPS) is 10.1. The van der Waals surface area contributed by atoms with Crippen LogP contribution in [0.5, 0.6) is 5.75 Å². The fourth-order valence-corrected chi connectivity index (χ4v) is 3.98. The Kier molecular flexibility index (Phi) is 9.40. The number of rotatable bonds is 8. The van der Waals surface area contributed by atoms with Gasteiger partial charge in [0.1, 0.15) is 19.0 Å². The Bertz CT molecular complexity index is 716. The molecule has 0 heterocycles. The van der Waals surface area contributed by atoms with Gasteiger partial charge in [-0.2, -0.15) is 0 Å². The van der Waals surface area contributed by atoms with Crippen molar-refractivity contribution in [3.63, 3.8) is 0 Å². The lowest BCUT2D eigenvalue weighted by atomic mass is 10.2. The monoisotopic (exact) mass is 686 g/mol. The molecule has 0 aliphatic rings. The minimum atomic E-state index is -1.12. The van der Waals surface area contributed by atoms with Crippen molar-refractivity contribution in [2.24, 2.45) is 0 Å². The molecule has 0 aliphatic heterocycles. The number of esters is 2. The average Bonchev–Trinajstić information content (AvgIpc) is 2.53. The van der Waals surface area contributed by atoms with Crippen LogP contribution >= 0.6 is 67.8 Å². The van der Waals surface area contributed by atoms with Gasteiger partial charge in [0, 0.05) is 12.7 Å². The molecule has 0 aromatic heterocycles. The summed E-state index contributed by atoms with van der Waals surface area (Å²) in [5, 5.41) is 8.73. The molecule has 136 valence electrons. The fourth-order valence-electron chi connectivity index (χ4n) is 1.47. The number of hydrogen-bond donors (Lipinski definition) is 1. The van der Waals surface area contributed by atoms with Crippen molar-refractivity contribution in [2.75, 3.05) is 19.8 Å². The fraction of sp³-hybridized carbons (Fsp3) is 0.267. The van der Waals surface area contributed by atoms with E-state index in [1.54, 1.807) is 6.07 Å². The molecule has 25 heavy (non-hydrogen) atoms. The molecular formula is C15H13I3O7. The van der Waals surface area contributed by atoms with Crippen LogP contribution in [0, 0.1) is 10.7 Å². The smallest absolute Gasteiger partial charge is 0.341 e. The number of carbonyl (C=O) groups is 3. The Hall–Kier alpha value is -0.640. The minimum absolute atomic E-state index is 0.0864. The lowest BCUT2D eigenvalue weighted by Gasteiger charge is -2.14. The highest BCUT2D eigenvalue weighted by Crippen LogP contribution is 2.33. The van der Waals surface area contributed by atoms with E-state index in [9.17, 15) is 14.4 Å². The van der Waals surface area contributed by atoms with Crippen LogP contribution in [0.3, 0.4) is 0 Å². The molecule has 1 rings (SSSR count). The maximum atomic E-state index is 12.3. The van der Waals surface area contributed by atoms with Gasteiger partial charge in [-0.3, -0.25) is 0 Å².